The Morgan fingerprint density at radius 2 is 2.17 bits per heavy atom. The van der Waals surface area contributed by atoms with Gasteiger partial charge in [0.05, 0.1) is 5.69 Å². The minimum Gasteiger partial charge on any atom is -0.398 e. The summed E-state index contributed by atoms with van der Waals surface area (Å²) >= 11 is 7.66. The Morgan fingerprint density at radius 1 is 1.39 bits per heavy atom. The average Bonchev–Trinajstić information content (AvgIpc) is 2.71. The molecule has 1 aromatic heterocycles. The number of aromatic nitrogens is 2. The van der Waals surface area contributed by atoms with E-state index in [0.29, 0.717) is 5.02 Å². The second-order valence-corrected chi connectivity index (χ2v) is 5.52. The van der Waals surface area contributed by atoms with Gasteiger partial charge < -0.3 is 5.73 Å². The van der Waals surface area contributed by atoms with Gasteiger partial charge >= 0.3 is 0 Å². The van der Waals surface area contributed by atoms with Crippen molar-refractivity contribution >= 4 is 29.1 Å². The van der Waals surface area contributed by atoms with E-state index in [1.54, 1.807) is 17.8 Å². The third kappa shape index (κ3) is 3.00. The number of halogens is 1. The summed E-state index contributed by atoms with van der Waals surface area (Å²) in [5.41, 5.74) is 8.95. The number of aryl methyl sites for hydroxylation is 2. The van der Waals surface area contributed by atoms with Gasteiger partial charge in [-0.15, -0.1) is 11.8 Å². The fraction of sp³-hybridized carbons (Fsp3) is 0.308. The van der Waals surface area contributed by atoms with Gasteiger partial charge in [0.15, 0.2) is 0 Å². The maximum atomic E-state index is 5.97. The van der Waals surface area contributed by atoms with E-state index in [4.69, 9.17) is 17.3 Å². The standard InChI is InChI=1S/C13H16ClN3S/c1-3-17-11(6-9(2)16-17)8-18-13-7-10(14)4-5-12(13)15/h4-7H,3,8,15H2,1-2H3. The van der Waals surface area contributed by atoms with Crippen LogP contribution in [0.5, 0.6) is 0 Å². The van der Waals surface area contributed by atoms with Crippen molar-refractivity contribution in [1.29, 1.82) is 0 Å². The van der Waals surface area contributed by atoms with Gasteiger partial charge in [-0.3, -0.25) is 4.68 Å². The van der Waals surface area contributed by atoms with E-state index in [-0.39, 0.29) is 0 Å². The Bertz CT molecular complexity index is 551. The van der Waals surface area contributed by atoms with Crippen LogP contribution in [0.2, 0.25) is 5.02 Å². The summed E-state index contributed by atoms with van der Waals surface area (Å²) in [5.74, 6) is 0.846. The van der Waals surface area contributed by atoms with Gasteiger partial charge in [-0.2, -0.15) is 5.10 Å². The van der Waals surface area contributed by atoms with E-state index in [2.05, 4.69) is 18.1 Å². The predicted molar refractivity (Wildman–Crippen MR) is 78.1 cm³/mol. The highest BCUT2D eigenvalue weighted by Crippen LogP contribution is 2.30. The fourth-order valence-corrected chi connectivity index (χ4v) is 2.99. The van der Waals surface area contributed by atoms with Gasteiger partial charge in [-0.25, -0.2) is 0 Å². The number of rotatable bonds is 4. The molecule has 1 aromatic carbocycles. The van der Waals surface area contributed by atoms with Gasteiger partial charge in [0.2, 0.25) is 0 Å². The largest absolute Gasteiger partial charge is 0.398 e. The van der Waals surface area contributed by atoms with Gasteiger partial charge in [-0.1, -0.05) is 11.6 Å². The minimum atomic E-state index is 0.715. The Morgan fingerprint density at radius 3 is 2.89 bits per heavy atom. The minimum absolute atomic E-state index is 0.715. The molecule has 0 spiro atoms. The Labute approximate surface area is 116 Å². The first-order valence-corrected chi connectivity index (χ1v) is 7.17. The molecule has 5 heteroatoms. The molecule has 0 unspecified atom stereocenters. The average molecular weight is 282 g/mol. The summed E-state index contributed by atoms with van der Waals surface area (Å²) in [6.45, 7) is 4.98. The lowest BCUT2D eigenvalue weighted by atomic mass is 10.3. The van der Waals surface area contributed by atoms with E-state index in [1.807, 2.05) is 23.7 Å². The normalized spacial score (nSPS) is 10.8. The quantitative estimate of drug-likeness (QED) is 0.686. The lowest BCUT2D eigenvalue weighted by molar-refractivity contribution is 0.632. The molecule has 0 aliphatic carbocycles. The number of anilines is 1. The fourth-order valence-electron chi connectivity index (χ4n) is 1.77. The Kier molecular flexibility index (Phi) is 4.19. The molecule has 2 rings (SSSR count). The molecule has 18 heavy (non-hydrogen) atoms. The molecular formula is C13H16ClN3S. The number of hydrogen-bond acceptors (Lipinski definition) is 3. The molecule has 0 amide bonds. The van der Waals surface area contributed by atoms with Gasteiger partial charge in [0.25, 0.3) is 0 Å². The first-order valence-electron chi connectivity index (χ1n) is 5.81. The highest BCUT2D eigenvalue weighted by molar-refractivity contribution is 7.98. The number of benzene rings is 1. The first-order chi connectivity index (χ1) is 8.60. The van der Waals surface area contributed by atoms with Crippen molar-refractivity contribution in [3.05, 3.63) is 40.7 Å². The number of nitrogens with two attached hydrogens (primary N) is 1. The number of hydrogen-bond donors (Lipinski definition) is 1. The summed E-state index contributed by atoms with van der Waals surface area (Å²) in [7, 11) is 0. The van der Waals surface area contributed by atoms with E-state index in [0.717, 1.165) is 28.6 Å². The molecule has 2 N–H and O–H groups in total. The zero-order valence-electron chi connectivity index (χ0n) is 10.5. The molecule has 0 atom stereocenters. The summed E-state index contributed by atoms with van der Waals surface area (Å²) in [6.07, 6.45) is 0. The van der Waals surface area contributed by atoms with Crippen LogP contribution in [0.4, 0.5) is 5.69 Å². The molecule has 1 heterocycles. The monoisotopic (exact) mass is 281 g/mol. The van der Waals surface area contributed by atoms with Crippen LogP contribution in [0.1, 0.15) is 18.3 Å². The van der Waals surface area contributed by atoms with Gasteiger partial charge in [0.1, 0.15) is 0 Å². The Balaban J connectivity index is 2.13. The van der Waals surface area contributed by atoms with Crippen LogP contribution in [0.3, 0.4) is 0 Å². The molecule has 0 radical (unpaired) electrons. The van der Waals surface area contributed by atoms with Crippen LogP contribution in [0, 0.1) is 6.92 Å². The van der Waals surface area contributed by atoms with Crippen molar-refractivity contribution in [3.63, 3.8) is 0 Å². The van der Waals surface area contributed by atoms with Crippen molar-refractivity contribution in [2.24, 2.45) is 0 Å². The van der Waals surface area contributed by atoms with Gasteiger partial charge in [-0.05, 0) is 38.1 Å². The zero-order chi connectivity index (χ0) is 13.1. The summed E-state index contributed by atoms with van der Waals surface area (Å²) < 4.78 is 2.02. The molecule has 0 fully saturated rings. The lowest BCUT2D eigenvalue weighted by Gasteiger charge is -2.07. The second-order valence-electron chi connectivity index (χ2n) is 4.06. The van der Waals surface area contributed by atoms with Crippen LogP contribution in [0.25, 0.3) is 0 Å². The number of nitrogens with zero attached hydrogens (tertiary/aromatic N) is 2. The van der Waals surface area contributed by atoms with Crippen LogP contribution in [0.15, 0.2) is 29.2 Å². The molecule has 3 nitrogen and oxygen atoms in total. The first kappa shape index (κ1) is 13.3. The molecular weight excluding hydrogens is 266 g/mol. The highest BCUT2D eigenvalue weighted by atomic mass is 35.5. The van der Waals surface area contributed by atoms with Crippen LogP contribution in [-0.2, 0) is 12.3 Å². The molecule has 2 aromatic rings. The lowest BCUT2D eigenvalue weighted by Crippen LogP contribution is -2.01. The topological polar surface area (TPSA) is 43.8 Å². The van der Waals surface area contributed by atoms with E-state index >= 15 is 0 Å². The van der Waals surface area contributed by atoms with E-state index < -0.39 is 0 Å². The Hall–Kier alpha value is -1.13. The van der Waals surface area contributed by atoms with E-state index in [1.165, 1.54) is 5.69 Å². The second kappa shape index (κ2) is 5.67. The molecule has 0 saturated carbocycles. The van der Waals surface area contributed by atoms with Crippen molar-refractivity contribution in [1.82, 2.24) is 9.78 Å². The highest BCUT2D eigenvalue weighted by Gasteiger charge is 2.07. The predicted octanol–water partition coefficient (Wildman–Crippen LogP) is 3.74. The maximum absolute atomic E-state index is 5.97. The van der Waals surface area contributed by atoms with Gasteiger partial charge in [0, 0.05) is 33.6 Å². The van der Waals surface area contributed by atoms with Crippen LogP contribution >= 0.6 is 23.4 Å². The maximum Gasteiger partial charge on any atom is 0.0596 e. The van der Waals surface area contributed by atoms with Crippen LogP contribution < -0.4 is 5.73 Å². The summed E-state index contributed by atoms with van der Waals surface area (Å²) in [5, 5.41) is 5.14. The van der Waals surface area contributed by atoms with Crippen molar-refractivity contribution in [2.75, 3.05) is 5.73 Å². The van der Waals surface area contributed by atoms with Crippen LogP contribution in [-0.4, -0.2) is 9.78 Å². The smallest absolute Gasteiger partial charge is 0.0596 e. The SMILES string of the molecule is CCn1nc(C)cc1CSc1cc(Cl)ccc1N. The number of thioether (sulfide) groups is 1. The third-order valence-electron chi connectivity index (χ3n) is 2.64. The van der Waals surface area contributed by atoms with E-state index in [9.17, 15) is 0 Å². The number of nitrogen functional groups attached to an aromatic ring is 1. The molecule has 0 aliphatic rings. The van der Waals surface area contributed by atoms with Crippen molar-refractivity contribution < 1.29 is 0 Å². The molecule has 0 saturated heterocycles. The van der Waals surface area contributed by atoms with Crippen molar-refractivity contribution in [2.45, 2.75) is 31.0 Å². The molecule has 0 bridgehead atoms. The summed E-state index contributed by atoms with van der Waals surface area (Å²) in [4.78, 5) is 1.02. The third-order valence-corrected chi connectivity index (χ3v) is 3.98. The molecule has 0 aliphatic heterocycles. The zero-order valence-corrected chi connectivity index (χ0v) is 12.1. The molecule has 96 valence electrons. The summed E-state index contributed by atoms with van der Waals surface area (Å²) in [6, 6.07) is 7.66. The van der Waals surface area contributed by atoms with Crippen molar-refractivity contribution in [3.8, 4) is 0 Å².